The van der Waals surface area contributed by atoms with Gasteiger partial charge in [-0.25, -0.2) is 0 Å². The van der Waals surface area contributed by atoms with Crippen LogP contribution in [0.3, 0.4) is 0 Å². The molecule has 0 bridgehead atoms. The molecule has 20 heavy (non-hydrogen) atoms. The highest BCUT2D eigenvalue weighted by molar-refractivity contribution is 5.39. The van der Waals surface area contributed by atoms with Gasteiger partial charge >= 0.3 is 12.2 Å². The third-order valence-corrected chi connectivity index (χ3v) is 2.35. The summed E-state index contributed by atoms with van der Waals surface area (Å²) in [5, 5.41) is 2.83. The molecule has 114 valence electrons. The minimum absolute atomic E-state index is 0.0289. The summed E-state index contributed by atoms with van der Waals surface area (Å²) in [6, 6.07) is -0.447. The third kappa shape index (κ3) is 4.71. The van der Waals surface area contributed by atoms with Crippen LogP contribution in [0.2, 0.25) is 0 Å². The molecule has 0 aliphatic rings. The summed E-state index contributed by atoms with van der Waals surface area (Å²) >= 11 is 0. The van der Waals surface area contributed by atoms with Gasteiger partial charge in [-0.2, -0.15) is 28.1 Å². The fraction of sp³-hybridized carbons (Fsp3) is 0.727. The molecule has 1 N–H and O–H groups in total. The number of hydrogen-bond acceptors (Lipinski definition) is 6. The second-order valence-corrected chi connectivity index (χ2v) is 4.31. The van der Waals surface area contributed by atoms with Crippen LogP contribution >= 0.6 is 0 Å². The predicted molar refractivity (Wildman–Crippen MR) is 69.1 cm³/mol. The van der Waals surface area contributed by atoms with Crippen molar-refractivity contribution in [3.8, 4) is 6.01 Å². The highest BCUT2D eigenvalue weighted by Gasteiger charge is 2.33. The van der Waals surface area contributed by atoms with Crippen LogP contribution in [0.4, 0.5) is 25.1 Å². The molecular weight excluding hydrogens is 275 g/mol. The lowest BCUT2D eigenvalue weighted by molar-refractivity contribution is -0.120. The van der Waals surface area contributed by atoms with Gasteiger partial charge < -0.3 is 15.0 Å². The van der Waals surface area contributed by atoms with Gasteiger partial charge in [0.1, 0.15) is 6.54 Å². The molecule has 0 radical (unpaired) electrons. The first-order valence-electron chi connectivity index (χ1n) is 6.14. The van der Waals surface area contributed by atoms with E-state index >= 15 is 0 Å². The summed E-state index contributed by atoms with van der Waals surface area (Å²) < 4.78 is 42.8. The Balaban J connectivity index is 3.14. The van der Waals surface area contributed by atoms with E-state index in [0.29, 0.717) is 6.54 Å². The Labute approximate surface area is 115 Å². The highest BCUT2D eigenvalue weighted by Crippen LogP contribution is 2.23. The zero-order valence-corrected chi connectivity index (χ0v) is 11.8. The molecule has 0 aliphatic heterocycles. The molecule has 1 rings (SSSR count). The number of nitrogens with zero attached hydrogens (tertiary/aromatic N) is 4. The zero-order valence-electron chi connectivity index (χ0n) is 11.8. The lowest BCUT2D eigenvalue weighted by Gasteiger charge is -2.27. The lowest BCUT2D eigenvalue weighted by Crippen LogP contribution is -2.40. The predicted octanol–water partition coefficient (Wildman–Crippen LogP) is 2.09. The van der Waals surface area contributed by atoms with Crippen LogP contribution in [0.25, 0.3) is 0 Å². The molecule has 0 aliphatic carbocycles. The Morgan fingerprint density at radius 1 is 1.25 bits per heavy atom. The van der Waals surface area contributed by atoms with Gasteiger partial charge in [0.05, 0.1) is 7.11 Å². The van der Waals surface area contributed by atoms with E-state index in [1.165, 1.54) is 7.11 Å². The first kappa shape index (κ1) is 16.3. The van der Waals surface area contributed by atoms with E-state index in [1.54, 1.807) is 13.8 Å². The summed E-state index contributed by atoms with van der Waals surface area (Å²) in [5.41, 5.74) is 0. The molecule has 0 aromatic carbocycles. The summed E-state index contributed by atoms with van der Waals surface area (Å²) in [4.78, 5) is 12.8. The number of hydrogen-bond donors (Lipinski definition) is 1. The normalized spacial score (nSPS) is 11.6. The number of rotatable bonds is 6. The number of anilines is 2. The fourth-order valence-corrected chi connectivity index (χ4v) is 1.48. The van der Waals surface area contributed by atoms with Gasteiger partial charge in [-0.05, 0) is 20.8 Å². The van der Waals surface area contributed by atoms with Gasteiger partial charge in [0.15, 0.2) is 0 Å². The maximum Gasteiger partial charge on any atom is 0.406 e. The molecule has 0 saturated carbocycles. The van der Waals surface area contributed by atoms with Gasteiger partial charge in [0.25, 0.3) is 0 Å². The van der Waals surface area contributed by atoms with Crippen LogP contribution in [0.1, 0.15) is 20.8 Å². The third-order valence-electron chi connectivity index (χ3n) is 2.35. The van der Waals surface area contributed by atoms with E-state index in [4.69, 9.17) is 4.74 Å². The van der Waals surface area contributed by atoms with E-state index in [9.17, 15) is 13.2 Å². The maximum absolute atomic E-state index is 12.6. The number of ether oxygens (including phenoxy) is 1. The van der Waals surface area contributed by atoms with Gasteiger partial charge in [-0.15, -0.1) is 0 Å². The Hall–Kier alpha value is -1.80. The first-order chi connectivity index (χ1) is 9.26. The number of halogens is 3. The van der Waals surface area contributed by atoms with Crippen molar-refractivity contribution in [1.29, 1.82) is 0 Å². The Kier molecular flexibility index (Phi) is 5.34. The minimum atomic E-state index is -4.34. The Morgan fingerprint density at radius 3 is 2.35 bits per heavy atom. The molecule has 9 heteroatoms. The van der Waals surface area contributed by atoms with E-state index in [0.717, 1.165) is 4.90 Å². The zero-order chi connectivity index (χ0) is 15.3. The SMILES string of the molecule is CCNc1nc(OC)nc(N(CC(F)(F)F)C(C)C)n1. The van der Waals surface area contributed by atoms with Crippen molar-refractivity contribution < 1.29 is 17.9 Å². The Morgan fingerprint density at radius 2 is 1.90 bits per heavy atom. The molecule has 0 spiro atoms. The van der Waals surface area contributed by atoms with Crippen molar-refractivity contribution in [2.75, 3.05) is 30.4 Å². The van der Waals surface area contributed by atoms with E-state index in [-0.39, 0.29) is 17.9 Å². The number of nitrogens with one attached hydrogen (secondary N) is 1. The van der Waals surface area contributed by atoms with Crippen LogP contribution in [0.15, 0.2) is 0 Å². The van der Waals surface area contributed by atoms with Gasteiger partial charge in [0.2, 0.25) is 11.9 Å². The van der Waals surface area contributed by atoms with E-state index in [1.807, 2.05) is 6.92 Å². The average molecular weight is 293 g/mol. The quantitative estimate of drug-likeness (QED) is 0.866. The maximum atomic E-state index is 12.6. The summed E-state index contributed by atoms with van der Waals surface area (Å²) in [6.45, 7) is 4.49. The summed E-state index contributed by atoms with van der Waals surface area (Å²) in [5.74, 6) is 0.113. The van der Waals surface area contributed by atoms with Crippen LogP contribution in [-0.2, 0) is 0 Å². The monoisotopic (exact) mass is 293 g/mol. The molecule has 0 amide bonds. The smallest absolute Gasteiger partial charge is 0.406 e. The minimum Gasteiger partial charge on any atom is -0.467 e. The molecule has 1 heterocycles. The molecular formula is C11H18F3N5O. The molecule has 0 unspecified atom stereocenters. The van der Waals surface area contributed by atoms with Gasteiger partial charge in [-0.3, -0.25) is 0 Å². The lowest BCUT2D eigenvalue weighted by atomic mass is 10.3. The van der Waals surface area contributed by atoms with Gasteiger partial charge in [0, 0.05) is 12.6 Å². The van der Waals surface area contributed by atoms with Crippen LogP contribution in [0, 0.1) is 0 Å². The van der Waals surface area contributed by atoms with Crippen molar-refractivity contribution in [2.45, 2.75) is 33.0 Å². The second-order valence-electron chi connectivity index (χ2n) is 4.31. The van der Waals surface area contributed by atoms with E-state index < -0.39 is 18.8 Å². The molecule has 1 aromatic rings. The van der Waals surface area contributed by atoms with Crippen molar-refractivity contribution in [2.24, 2.45) is 0 Å². The number of methoxy groups -OCH3 is 1. The average Bonchev–Trinajstić information content (AvgIpc) is 2.34. The Bertz CT molecular complexity index is 439. The first-order valence-corrected chi connectivity index (χ1v) is 6.14. The number of aromatic nitrogens is 3. The largest absolute Gasteiger partial charge is 0.467 e. The highest BCUT2D eigenvalue weighted by atomic mass is 19.4. The standard InChI is InChI=1S/C11H18F3N5O/c1-5-15-8-16-9(18-10(17-8)20-4)19(7(2)3)6-11(12,13)14/h7H,5-6H2,1-4H3,(H,15,16,17,18). The van der Waals surface area contributed by atoms with Crippen LogP contribution in [-0.4, -0.2) is 47.4 Å². The molecule has 6 nitrogen and oxygen atoms in total. The fourth-order valence-electron chi connectivity index (χ4n) is 1.48. The number of alkyl halides is 3. The van der Waals surface area contributed by atoms with Crippen molar-refractivity contribution in [3.63, 3.8) is 0 Å². The molecule has 0 saturated heterocycles. The molecule has 0 atom stereocenters. The topological polar surface area (TPSA) is 63.2 Å². The van der Waals surface area contributed by atoms with Gasteiger partial charge in [-0.1, -0.05) is 0 Å². The van der Waals surface area contributed by atoms with Crippen molar-refractivity contribution in [1.82, 2.24) is 15.0 Å². The second kappa shape index (κ2) is 6.58. The molecule has 0 fully saturated rings. The van der Waals surface area contributed by atoms with Crippen LogP contribution in [0.5, 0.6) is 6.01 Å². The van der Waals surface area contributed by atoms with Crippen molar-refractivity contribution >= 4 is 11.9 Å². The summed E-state index contributed by atoms with van der Waals surface area (Å²) in [6.07, 6.45) is -4.34. The van der Waals surface area contributed by atoms with Crippen LogP contribution < -0.4 is 15.0 Å². The van der Waals surface area contributed by atoms with Crippen molar-refractivity contribution in [3.05, 3.63) is 0 Å². The summed E-state index contributed by atoms with van der Waals surface area (Å²) in [7, 11) is 1.35. The molecule has 1 aromatic heterocycles. The van der Waals surface area contributed by atoms with E-state index in [2.05, 4.69) is 20.3 Å².